The molecule has 0 aromatic carbocycles. The molecular formula is C30H55NO23PS-. The van der Waals surface area contributed by atoms with Crippen LogP contribution in [0.25, 0.3) is 0 Å². The SMILES string of the molecule is N[C@H]1[C@@H](O[C@@H]2[C@@H](O)[C@H](O)[C@@H](O)[C@@H](O)[C@H]2OP(=O)([O-])OCCCCCCS)O[C@H](CO)[C@@H](O[C@H]2O[C@H](CO[C@H]3O[C@H](CO)[C@@H](O)[C@H](O)[C@@H]3O)[C@@H](O)[C@H](O)[C@@H]2O)[C@@H]1O. The first kappa shape index (κ1) is 48.3. The summed E-state index contributed by atoms with van der Waals surface area (Å²) in [6.07, 6.45) is -35.2. The number of phosphoric ester groups is 1. The number of aliphatic hydroxyl groups excluding tert-OH is 13. The summed E-state index contributed by atoms with van der Waals surface area (Å²) in [5.41, 5.74) is 6.17. The van der Waals surface area contributed by atoms with Gasteiger partial charge in [0.05, 0.1) is 32.5 Å². The van der Waals surface area contributed by atoms with Crippen LogP contribution in [0.2, 0.25) is 0 Å². The number of hydrogen-bond donors (Lipinski definition) is 15. The van der Waals surface area contributed by atoms with Crippen molar-refractivity contribution in [3.8, 4) is 0 Å². The van der Waals surface area contributed by atoms with Gasteiger partial charge >= 0.3 is 0 Å². The second-order valence-corrected chi connectivity index (χ2v) is 15.8. The van der Waals surface area contributed by atoms with Crippen LogP contribution < -0.4 is 10.6 Å². The Bertz CT molecular complexity index is 1230. The minimum atomic E-state index is -5.27. The highest BCUT2D eigenvalue weighted by Crippen LogP contribution is 2.44. The van der Waals surface area contributed by atoms with Crippen molar-refractivity contribution in [2.24, 2.45) is 5.73 Å². The average molecular weight is 861 g/mol. The number of aliphatic hydroxyl groups is 13. The van der Waals surface area contributed by atoms with Gasteiger partial charge in [0.25, 0.3) is 7.82 Å². The monoisotopic (exact) mass is 860 g/mol. The summed E-state index contributed by atoms with van der Waals surface area (Å²) in [4.78, 5) is 12.7. The Morgan fingerprint density at radius 3 is 1.68 bits per heavy atom. The normalized spacial score (nSPS) is 47.4. The summed E-state index contributed by atoms with van der Waals surface area (Å²) >= 11 is 4.10. The molecule has 1 unspecified atom stereocenters. The Hall–Kier alpha value is -0.340. The summed E-state index contributed by atoms with van der Waals surface area (Å²) in [6, 6.07) is -1.72. The number of hydrogen-bond acceptors (Lipinski definition) is 25. The van der Waals surface area contributed by atoms with E-state index >= 15 is 0 Å². The molecule has 0 bridgehead atoms. The van der Waals surface area contributed by atoms with E-state index in [1.54, 1.807) is 0 Å². The van der Waals surface area contributed by atoms with Crippen molar-refractivity contribution in [2.75, 3.05) is 32.2 Å². The van der Waals surface area contributed by atoms with Gasteiger partial charge in [0.15, 0.2) is 18.9 Å². The topological polar surface area (TPSA) is 403 Å². The minimum absolute atomic E-state index is 0.306. The first-order valence-corrected chi connectivity index (χ1v) is 20.1. The van der Waals surface area contributed by atoms with Crippen LogP contribution in [0.1, 0.15) is 25.7 Å². The van der Waals surface area contributed by atoms with E-state index in [0.29, 0.717) is 18.6 Å². The molecule has 22 atom stereocenters. The number of unbranched alkanes of at least 4 members (excludes halogenated alkanes) is 3. The molecule has 0 aromatic heterocycles. The molecule has 26 heteroatoms. The molecule has 4 fully saturated rings. The van der Waals surface area contributed by atoms with E-state index in [0.717, 1.165) is 12.8 Å². The van der Waals surface area contributed by atoms with Crippen LogP contribution in [-0.2, 0) is 42.0 Å². The highest BCUT2D eigenvalue weighted by molar-refractivity contribution is 7.80. The van der Waals surface area contributed by atoms with Gasteiger partial charge in [0.1, 0.15) is 104 Å². The molecule has 4 aliphatic rings. The highest BCUT2D eigenvalue weighted by Gasteiger charge is 2.56. The smallest absolute Gasteiger partial charge is 0.268 e. The van der Waals surface area contributed by atoms with E-state index in [1.807, 2.05) is 0 Å². The zero-order valence-electron chi connectivity index (χ0n) is 29.9. The van der Waals surface area contributed by atoms with Crippen LogP contribution in [-0.4, -0.2) is 227 Å². The van der Waals surface area contributed by atoms with Crippen molar-refractivity contribution in [3.05, 3.63) is 0 Å². The molecule has 1 saturated carbocycles. The standard InChI is InChI=1S/C30H56NO23PS/c31-13-16(36)25(52-30-24(44)18(38)15(35)12(51-30)9-47-29-23(43)17(37)14(34)10(7-32)49-29)11(8-33)50-28(13)53-26-21(41)19(39)20(40)22(42)27(26)54-55(45,46)48-5-3-1-2-4-6-56/h10-30,32-44,56H,1-9,31H2,(H,45,46)/p-1/t10-,11-,12-,13-,14-,15-,16-,17+,18+,19-,20-,21+,22-,23+,24+,25-,26-,27-,28-,29+,30-/m1/s1. The van der Waals surface area contributed by atoms with Gasteiger partial charge in [-0.1, -0.05) is 12.8 Å². The van der Waals surface area contributed by atoms with Crippen molar-refractivity contribution in [2.45, 2.75) is 154 Å². The summed E-state index contributed by atoms with van der Waals surface area (Å²) in [6.45, 7) is -2.76. The average Bonchev–Trinajstić information content (AvgIpc) is 3.17. The van der Waals surface area contributed by atoms with E-state index in [1.165, 1.54) is 0 Å². The third kappa shape index (κ3) is 11.3. The second kappa shape index (κ2) is 21.4. The molecule has 0 aromatic rings. The van der Waals surface area contributed by atoms with Crippen LogP contribution in [0.15, 0.2) is 0 Å². The van der Waals surface area contributed by atoms with Crippen molar-refractivity contribution < 1.29 is 113 Å². The molecular weight excluding hydrogens is 805 g/mol. The number of ether oxygens (including phenoxy) is 6. The Labute approximate surface area is 325 Å². The lowest BCUT2D eigenvalue weighted by molar-refractivity contribution is -0.363. The molecule has 0 spiro atoms. The van der Waals surface area contributed by atoms with Crippen molar-refractivity contribution in [1.29, 1.82) is 0 Å². The first-order valence-electron chi connectivity index (χ1n) is 18.0. The largest absolute Gasteiger partial charge is 0.756 e. The van der Waals surface area contributed by atoms with E-state index in [4.69, 9.17) is 43.2 Å². The number of nitrogens with two attached hydrogens (primary N) is 1. The molecule has 330 valence electrons. The van der Waals surface area contributed by atoms with Crippen LogP contribution >= 0.6 is 20.5 Å². The van der Waals surface area contributed by atoms with E-state index in [9.17, 15) is 75.8 Å². The Morgan fingerprint density at radius 2 is 1.07 bits per heavy atom. The Kier molecular flexibility index (Phi) is 18.5. The predicted octanol–water partition coefficient (Wildman–Crippen LogP) is -8.40. The maximum Gasteiger partial charge on any atom is 0.268 e. The zero-order valence-corrected chi connectivity index (χ0v) is 31.6. The lowest BCUT2D eigenvalue weighted by atomic mass is 9.84. The summed E-state index contributed by atoms with van der Waals surface area (Å²) < 4.78 is 55.7. The zero-order chi connectivity index (χ0) is 41.6. The number of phosphoric acid groups is 1. The first-order chi connectivity index (χ1) is 26.4. The predicted molar refractivity (Wildman–Crippen MR) is 181 cm³/mol. The van der Waals surface area contributed by atoms with Crippen LogP contribution in [0.3, 0.4) is 0 Å². The molecule has 3 aliphatic heterocycles. The molecule has 1 aliphatic carbocycles. The van der Waals surface area contributed by atoms with Crippen LogP contribution in [0.4, 0.5) is 0 Å². The Morgan fingerprint density at radius 1 is 0.571 bits per heavy atom. The van der Waals surface area contributed by atoms with Gasteiger partial charge in [0.2, 0.25) is 0 Å². The molecule has 3 saturated heterocycles. The van der Waals surface area contributed by atoms with Crippen LogP contribution in [0.5, 0.6) is 0 Å². The summed E-state index contributed by atoms with van der Waals surface area (Å²) in [7, 11) is -5.27. The quantitative estimate of drug-likeness (QED) is 0.0346. The van der Waals surface area contributed by atoms with Crippen molar-refractivity contribution >= 4 is 20.5 Å². The molecule has 56 heavy (non-hydrogen) atoms. The fourth-order valence-electron chi connectivity index (χ4n) is 6.63. The highest BCUT2D eigenvalue weighted by atomic mass is 32.1. The number of rotatable bonds is 18. The molecule has 24 nitrogen and oxygen atoms in total. The number of thiol groups is 1. The fourth-order valence-corrected chi connectivity index (χ4v) is 7.81. The molecule has 0 radical (unpaired) electrons. The lowest BCUT2D eigenvalue weighted by Crippen LogP contribution is -2.69. The van der Waals surface area contributed by atoms with Crippen LogP contribution in [0, 0.1) is 0 Å². The van der Waals surface area contributed by atoms with Gasteiger partial charge in [-0.3, -0.25) is 4.57 Å². The minimum Gasteiger partial charge on any atom is -0.756 e. The third-order valence-electron chi connectivity index (χ3n) is 10.0. The van der Waals surface area contributed by atoms with Gasteiger partial charge in [-0.2, -0.15) is 12.6 Å². The molecule has 3 heterocycles. The Balaban J connectivity index is 1.43. The van der Waals surface area contributed by atoms with E-state index in [-0.39, 0.29) is 6.61 Å². The molecule has 0 amide bonds. The van der Waals surface area contributed by atoms with Crippen molar-refractivity contribution in [1.82, 2.24) is 0 Å². The maximum atomic E-state index is 12.7. The van der Waals surface area contributed by atoms with Gasteiger partial charge in [-0.25, -0.2) is 0 Å². The lowest BCUT2D eigenvalue weighted by Gasteiger charge is -2.49. The maximum absolute atomic E-state index is 12.7. The van der Waals surface area contributed by atoms with Gasteiger partial charge in [0, 0.05) is 0 Å². The molecule has 4 rings (SSSR count). The van der Waals surface area contributed by atoms with Gasteiger partial charge in [-0.05, 0) is 18.6 Å². The van der Waals surface area contributed by atoms with E-state index in [2.05, 4.69) is 12.6 Å². The van der Waals surface area contributed by atoms with Gasteiger partial charge in [-0.15, -0.1) is 0 Å². The molecule has 15 N–H and O–H groups in total. The van der Waals surface area contributed by atoms with Gasteiger partial charge < -0.3 is 114 Å². The van der Waals surface area contributed by atoms with E-state index < -0.39 is 156 Å². The summed E-state index contributed by atoms with van der Waals surface area (Å²) in [5, 5.41) is 135. The third-order valence-corrected chi connectivity index (χ3v) is 11.3. The summed E-state index contributed by atoms with van der Waals surface area (Å²) in [5.74, 6) is 0.641. The fraction of sp³-hybridized carbons (Fsp3) is 1.00. The second-order valence-electron chi connectivity index (χ2n) is 14.0. The van der Waals surface area contributed by atoms with Crippen molar-refractivity contribution in [3.63, 3.8) is 0 Å².